The van der Waals surface area contributed by atoms with Gasteiger partial charge in [-0.2, -0.15) is 0 Å². The molecule has 0 fully saturated rings. The molecule has 0 aliphatic heterocycles. The van der Waals surface area contributed by atoms with Crippen molar-refractivity contribution >= 4 is 16.9 Å². The van der Waals surface area contributed by atoms with E-state index in [0.717, 1.165) is 5.56 Å². The fraction of sp³-hybridized carbons (Fsp3) is 0.182. The molecule has 1 rings (SSSR count). The van der Waals surface area contributed by atoms with Crippen molar-refractivity contribution in [3.05, 3.63) is 35.9 Å². The number of thioether (sulfide) groups is 1. The molecule has 13 heavy (non-hydrogen) atoms. The van der Waals surface area contributed by atoms with Crippen LogP contribution in [0.3, 0.4) is 0 Å². The van der Waals surface area contributed by atoms with Crippen LogP contribution >= 0.6 is 11.8 Å². The summed E-state index contributed by atoms with van der Waals surface area (Å²) in [5.41, 5.74) is 0.740. The number of hydrogen-bond acceptors (Lipinski definition) is 2. The van der Waals surface area contributed by atoms with E-state index in [4.69, 9.17) is 6.42 Å². The Bertz CT molecular complexity index is 311. The SMILES string of the molecule is C#CCCSC(=O)c1ccccc1. The van der Waals surface area contributed by atoms with Crippen LogP contribution in [0.15, 0.2) is 30.3 Å². The van der Waals surface area contributed by atoms with Gasteiger partial charge < -0.3 is 0 Å². The summed E-state index contributed by atoms with van der Waals surface area (Å²) < 4.78 is 0. The number of benzene rings is 1. The predicted octanol–water partition coefficient (Wildman–Crippen LogP) is 2.58. The smallest absolute Gasteiger partial charge is 0.219 e. The van der Waals surface area contributed by atoms with Crippen molar-refractivity contribution in [3.8, 4) is 12.3 Å². The Balaban J connectivity index is 2.46. The minimum Gasteiger partial charge on any atom is -0.282 e. The third-order valence-electron chi connectivity index (χ3n) is 1.49. The number of rotatable bonds is 3. The summed E-state index contributed by atoms with van der Waals surface area (Å²) in [4.78, 5) is 11.4. The van der Waals surface area contributed by atoms with Gasteiger partial charge >= 0.3 is 0 Å². The second kappa shape index (κ2) is 5.45. The van der Waals surface area contributed by atoms with Gasteiger partial charge in [-0.05, 0) is 0 Å². The van der Waals surface area contributed by atoms with Crippen molar-refractivity contribution in [1.82, 2.24) is 0 Å². The molecule has 1 aromatic rings. The van der Waals surface area contributed by atoms with Gasteiger partial charge in [-0.15, -0.1) is 12.3 Å². The standard InChI is InChI=1S/C11H10OS/c1-2-3-9-13-11(12)10-7-5-4-6-8-10/h1,4-8H,3,9H2. The summed E-state index contributed by atoms with van der Waals surface area (Å²) in [5.74, 6) is 3.20. The van der Waals surface area contributed by atoms with Gasteiger partial charge in [0.25, 0.3) is 0 Å². The van der Waals surface area contributed by atoms with Gasteiger partial charge in [0.05, 0.1) is 0 Å². The minimum atomic E-state index is 0.0934. The largest absolute Gasteiger partial charge is 0.282 e. The van der Waals surface area contributed by atoms with Crippen LogP contribution in [0.4, 0.5) is 0 Å². The van der Waals surface area contributed by atoms with E-state index in [-0.39, 0.29) is 5.12 Å². The molecule has 0 saturated carbocycles. The molecule has 0 bridgehead atoms. The van der Waals surface area contributed by atoms with E-state index in [0.29, 0.717) is 12.2 Å². The Morgan fingerprint density at radius 2 is 2.08 bits per heavy atom. The maximum atomic E-state index is 11.4. The predicted molar refractivity (Wildman–Crippen MR) is 56.7 cm³/mol. The van der Waals surface area contributed by atoms with Crippen molar-refractivity contribution < 1.29 is 4.79 Å². The molecule has 0 spiro atoms. The zero-order valence-electron chi connectivity index (χ0n) is 7.19. The van der Waals surface area contributed by atoms with E-state index in [1.807, 2.05) is 30.3 Å². The minimum absolute atomic E-state index is 0.0934. The van der Waals surface area contributed by atoms with Crippen molar-refractivity contribution in [1.29, 1.82) is 0 Å². The third-order valence-corrected chi connectivity index (χ3v) is 2.40. The molecule has 0 amide bonds. The van der Waals surface area contributed by atoms with Gasteiger partial charge in [0, 0.05) is 17.7 Å². The summed E-state index contributed by atoms with van der Waals surface area (Å²) in [6.07, 6.45) is 5.72. The van der Waals surface area contributed by atoms with Crippen LogP contribution < -0.4 is 0 Å². The molecule has 0 aliphatic carbocycles. The number of carbonyl (C=O) groups is 1. The van der Waals surface area contributed by atoms with Crippen LogP contribution in [0.2, 0.25) is 0 Å². The second-order valence-electron chi connectivity index (χ2n) is 2.46. The fourth-order valence-corrected chi connectivity index (χ4v) is 1.57. The van der Waals surface area contributed by atoms with E-state index in [1.165, 1.54) is 11.8 Å². The molecule has 0 aliphatic rings. The van der Waals surface area contributed by atoms with Gasteiger partial charge in [-0.3, -0.25) is 4.79 Å². The first kappa shape index (κ1) is 9.88. The molecular weight excluding hydrogens is 180 g/mol. The van der Waals surface area contributed by atoms with Crippen LogP contribution in [-0.4, -0.2) is 10.9 Å². The van der Waals surface area contributed by atoms with E-state index in [9.17, 15) is 4.79 Å². The molecule has 2 heteroatoms. The molecule has 1 aromatic carbocycles. The lowest BCUT2D eigenvalue weighted by Gasteiger charge is -1.97. The molecule has 0 unspecified atom stereocenters. The fourth-order valence-electron chi connectivity index (χ4n) is 0.860. The summed E-state index contributed by atoms with van der Waals surface area (Å²) in [7, 11) is 0. The maximum Gasteiger partial charge on any atom is 0.219 e. The van der Waals surface area contributed by atoms with E-state index in [1.54, 1.807) is 0 Å². The first-order valence-corrected chi connectivity index (χ1v) is 4.99. The normalized spacial score (nSPS) is 9.15. The third kappa shape index (κ3) is 3.35. The van der Waals surface area contributed by atoms with Crippen LogP contribution in [0.5, 0.6) is 0 Å². The zero-order chi connectivity index (χ0) is 9.52. The first-order valence-electron chi connectivity index (χ1n) is 4.00. The number of terminal acetylenes is 1. The van der Waals surface area contributed by atoms with Crippen LogP contribution in [-0.2, 0) is 0 Å². The first-order chi connectivity index (χ1) is 6.34. The molecular formula is C11H10OS. The Labute approximate surface area is 82.5 Å². The summed E-state index contributed by atoms with van der Waals surface area (Å²) in [5, 5.41) is 0.0934. The molecule has 0 heterocycles. The second-order valence-corrected chi connectivity index (χ2v) is 3.52. The van der Waals surface area contributed by atoms with Crippen LogP contribution in [0, 0.1) is 12.3 Å². The lowest BCUT2D eigenvalue weighted by Crippen LogP contribution is -1.93. The Kier molecular flexibility index (Phi) is 4.14. The summed E-state index contributed by atoms with van der Waals surface area (Å²) >= 11 is 1.27. The molecule has 0 radical (unpaired) electrons. The molecule has 66 valence electrons. The van der Waals surface area contributed by atoms with Gasteiger partial charge in [0.2, 0.25) is 5.12 Å². The van der Waals surface area contributed by atoms with Gasteiger partial charge in [0.15, 0.2) is 0 Å². The van der Waals surface area contributed by atoms with Gasteiger partial charge in [-0.1, -0.05) is 42.1 Å². The molecule has 0 N–H and O–H groups in total. The van der Waals surface area contributed by atoms with E-state index < -0.39 is 0 Å². The average Bonchev–Trinajstić information content (AvgIpc) is 2.19. The Morgan fingerprint density at radius 1 is 1.38 bits per heavy atom. The van der Waals surface area contributed by atoms with Crippen LogP contribution in [0.25, 0.3) is 0 Å². The Morgan fingerprint density at radius 3 is 2.69 bits per heavy atom. The van der Waals surface area contributed by atoms with Crippen molar-refractivity contribution in [3.63, 3.8) is 0 Å². The molecule has 0 atom stereocenters. The van der Waals surface area contributed by atoms with Crippen molar-refractivity contribution in [2.45, 2.75) is 6.42 Å². The van der Waals surface area contributed by atoms with Gasteiger partial charge in [-0.25, -0.2) is 0 Å². The van der Waals surface area contributed by atoms with E-state index >= 15 is 0 Å². The average molecular weight is 190 g/mol. The topological polar surface area (TPSA) is 17.1 Å². The summed E-state index contributed by atoms with van der Waals surface area (Å²) in [6.45, 7) is 0. The lowest BCUT2D eigenvalue weighted by molar-refractivity contribution is 0.108. The van der Waals surface area contributed by atoms with Crippen LogP contribution in [0.1, 0.15) is 16.8 Å². The highest BCUT2D eigenvalue weighted by Gasteiger charge is 2.03. The quantitative estimate of drug-likeness (QED) is 0.538. The summed E-state index contributed by atoms with van der Waals surface area (Å²) in [6, 6.07) is 9.23. The monoisotopic (exact) mass is 190 g/mol. The highest BCUT2D eigenvalue weighted by molar-refractivity contribution is 8.14. The molecule has 0 aromatic heterocycles. The van der Waals surface area contributed by atoms with Crippen molar-refractivity contribution in [2.24, 2.45) is 0 Å². The highest BCUT2D eigenvalue weighted by atomic mass is 32.2. The maximum absolute atomic E-state index is 11.4. The lowest BCUT2D eigenvalue weighted by atomic mass is 10.2. The zero-order valence-corrected chi connectivity index (χ0v) is 8.01. The number of carbonyl (C=O) groups excluding carboxylic acids is 1. The van der Waals surface area contributed by atoms with Gasteiger partial charge in [0.1, 0.15) is 0 Å². The highest BCUT2D eigenvalue weighted by Crippen LogP contribution is 2.12. The molecule has 1 nitrogen and oxygen atoms in total. The Hall–Kier alpha value is -1.20. The number of hydrogen-bond donors (Lipinski definition) is 0. The van der Waals surface area contributed by atoms with Crippen molar-refractivity contribution in [2.75, 3.05) is 5.75 Å². The molecule has 0 saturated heterocycles. The van der Waals surface area contributed by atoms with E-state index in [2.05, 4.69) is 5.92 Å².